The molecule has 0 spiro atoms. The molecule has 4 nitrogen and oxygen atoms in total. The number of hydrogen-bond acceptors (Lipinski definition) is 3. The lowest BCUT2D eigenvalue weighted by Gasteiger charge is -2.21. The predicted molar refractivity (Wildman–Crippen MR) is 49.2 cm³/mol. The van der Waals surface area contributed by atoms with Crippen LogP contribution in [0.5, 0.6) is 0 Å². The predicted octanol–water partition coefficient (Wildman–Crippen LogP) is 0.633. The van der Waals surface area contributed by atoms with Gasteiger partial charge in [0.25, 0.3) is 0 Å². The van der Waals surface area contributed by atoms with E-state index in [1.54, 1.807) is 6.20 Å². The molecular formula is C8H12N2O2S. The standard InChI is InChI=1S/C8H12N2O2S/c11-13(12)6-2-8(3-7-13)10-5-1-4-9-10/h1,4-5,8H,2-3,6-7H2. The van der Waals surface area contributed by atoms with Crippen LogP contribution in [0.25, 0.3) is 0 Å². The van der Waals surface area contributed by atoms with Crippen molar-refractivity contribution in [2.24, 2.45) is 0 Å². The number of rotatable bonds is 1. The number of sulfone groups is 1. The zero-order valence-electron chi connectivity index (χ0n) is 7.26. The molecule has 1 fully saturated rings. The van der Waals surface area contributed by atoms with Crippen molar-refractivity contribution in [2.45, 2.75) is 18.9 Å². The Bertz CT molecular complexity index is 355. The lowest BCUT2D eigenvalue weighted by molar-refractivity contribution is 0.413. The summed E-state index contributed by atoms with van der Waals surface area (Å²) in [6.45, 7) is 0. The lowest BCUT2D eigenvalue weighted by Crippen LogP contribution is -2.25. The van der Waals surface area contributed by atoms with E-state index in [1.807, 2.05) is 16.9 Å². The van der Waals surface area contributed by atoms with Crippen LogP contribution < -0.4 is 0 Å². The molecule has 0 radical (unpaired) electrons. The molecule has 13 heavy (non-hydrogen) atoms. The van der Waals surface area contributed by atoms with Crippen molar-refractivity contribution >= 4 is 9.84 Å². The Morgan fingerprint density at radius 2 is 2.00 bits per heavy atom. The minimum absolute atomic E-state index is 0.276. The van der Waals surface area contributed by atoms with Gasteiger partial charge in [-0.15, -0.1) is 0 Å². The van der Waals surface area contributed by atoms with E-state index in [0.717, 1.165) is 0 Å². The molecule has 0 aliphatic carbocycles. The van der Waals surface area contributed by atoms with Gasteiger partial charge in [-0.25, -0.2) is 8.42 Å². The van der Waals surface area contributed by atoms with Gasteiger partial charge in [-0.1, -0.05) is 0 Å². The molecule has 1 aliphatic heterocycles. The molecule has 2 heterocycles. The topological polar surface area (TPSA) is 52.0 Å². The Morgan fingerprint density at radius 1 is 1.31 bits per heavy atom. The van der Waals surface area contributed by atoms with Gasteiger partial charge in [-0.3, -0.25) is 4.68 Å². The van der Waals surface area contributed by atoms with Gasteiger partial charge in [0.05, 0.1) is 17.5 Å². The third kappa shape index (κ3) is 1.91. The number of nitrogens with zero attached hydrogens (tertiary/aromatic N) is 2. The van der Waals surface area contributed by atoms with Crippen LogP contribution in [0.15, 0.2) is 18.5 Å². The van der Waals surface area contributed by atoms with Crippen LogP contribution in [0.2, 0.25) is 0 Å². The molecule has 0 unspecified atom stereocenters. The van der Waals surface area contributed by atoms with E-state index in [4.69, 9.17) is 0 Å². The molecule has 72 valence electrons. The van der Waals surface area contributed by atoms with E-state index < -0.39 is 9.84 Å². The van der Waals surface area contributed by atoms with E-state index in [1.165, 1.54) is 0 Å². The third-order valence-corrected chi connectivity index (χ3v) is 4.14. The van der Waals surface area contributed by atoms with Gasteiger partial charge in [0.2, 0.25) is 0 Å². The van der Waals surface area contributed by atoms with Crippen molar-refractivity contribution < 1.29 is 8.42 Å². The van der Waals surface area contributed by atoms with Crippen LogP contribution in [-0.4, -0.2) is 29.7 Å². The molecule has 2 rings (SSSR count). The fourth-order valence-electron chi connectivity index (χ4n) is 1.64. The summed E-state index contributed by atoms with van der Waals surface area (Å²) in [5, 5.41) is 4.11. The first-order valence-electron chi connectivity index (χ1n) is 4.37. The molecule has 5 heteroatoms. The molecule has 1 aromatic rings. The van der Waals surface area contributed by atoms with E-state index >= 15 is 0 Å². The summed E-state index contributed by atoms with van der Waals surface area (Å²) in [6.07, 6.45) is 5.01. The van der Waals surface area contributed by atoms with E-state index in [-0.39, 0.29) is 6.04 Å². The maximum Gasteiger partial charge on any atom is 0.150 e. The van der Waals surface area contributed by atoms with Crippen LogP contribution in [0.3, 0.4) is 0 Å². The summed E-state index contributed by atoms with van der Waals surface area (Å²) in [5.74, 6) is 0.606. The Labute approximate surface area is 77.5 Å². The monoisotopic (exact) mass is 200 g/mol. The smallest absolute Gasteiger partial charge is 0.150 e. The SMILES string of the molecule is O=S1(=O)CCC(n2cccn2)CC1. The van der Waals surface area contributed by atoms with Crippen molar-refractivity contribution in [1.82, 2.24) is 9.78 Å². The largest absolute Gasteiger partial charge is 0.270 e. The van der Waals surface area contributed by atoms with Crippen molar-refractivity contribution in [3.63, 3.8) is 0 Å². The van der Waals surface area contributed by atoms with Crippen LogP contribution in [-0.2, 0) is 9.84 Å². The molecule has 0 amide bonds. The Hall–Kier alpha value is -0.840. The van der Waals surface area contributed by atoms with Crippen molar-refractivity contribution in [3.8, 4) is 0 Å². The first-order chi connectivity index (χ1) is 6.17. The number of aromatic nitrogens is 2. The summed E-state index contributed by atoms with van der Waals surface area (Å²) in [6, 6.07) is 2.14. The highest BCUT2D eigenvalue weighted by atomic mass is 32.2. The summed E-state index contributed by atoms with van der Waals surface area (Å²) in [4.78, 5) is 0. The van der Waals surface area contributed by atoms with Gasteiger partial charge in [0.15, 0.2) is 0 Å². The highest BCUT2D eigenvalue weighted by Gasteiger charge is 2.24. The zero-order valence-corrected chi connectivity index (χ0v) is 8.07. The average Bonchev–Trinajstić information content (AvgIpc) is 2.56. The summed E-state index contributed by atoms with van der Waals surface area (Å²) < 4.78 is 24.1. The van der Waals surface area contributed by atoms with E-state index in [0.29, 0.717) is 24.3 Å². The molecule has 0 bridgehead atoms. The second kappa shape index (κ2) is 3.14. The Kier molecular flexibility index (Phi) is 2.11. The second-order valence-corrected chi connectivity index (χ2v) is 5.67. The lowest BCUT2D eigenvalue weighted by atomic mass is 10.2. The normalized spacial score (nSPS) is 23.1. The zero-order chi connectivity index (χ0) is 9.31. The number of hydrogen-bond donors (Lipinski definition) is 0. The maximum absolute atomic E-state index is 11.1. The van der Waals surface area contributed by atoms with Crippen LogP contribution in [0.1, 0.15) is 18.9 Å². The summed E-state index contributed by atoms with van der Waals surface area (Å²) >= 11 is 0. The Balaban J connectivity index is 2.07. The molecule has 0 saturated carbocycles. The van der Waals surface area contributed by atoms with Gasteiger partial charge >= 0.3 is 0 Å². The van der Waals surface area contributed by atoms with Crippen LogP contribution in [0.4, 0.5) is 0 Å². The Morgan fingerprint density at radius 3 is 2.54 bits per heavy atom. The molecule has 1 saturated heterocycles. The first kappa shape index (κ1) is 8.74. The second-order valence-electron chi connectivity index (χ2n) is 3.37. The van der Waals surface area contributed by atoms with Gasteiger partial charge in [-0.2, -0.15) is 5.10 Å². The van der Waals surface area contributed by atoms with Crippen molar-refractivity contribution in [1.29, 1.82) is 0 Å². The van der Waals surface area contributed by atoms with Gasteiger partial charge in [0.1, 0.15) is 9.84 Å². The summed E-state index contributed by atoms with van der Waals surface area (Å²) in [7, 11) is -2.75. The van der Waals surface area contributed by atoms with E-state index in [9.17, 15) is 8.42 Å². The minimum Gasteiger partial charge on any atom is -0.270 e. The molecule has 0 aromatic carbocycles. The maximum atomic E-state index is 11.1. The van der Waals surface area contributed by atoms with E-state index in [2.05, 4.69) is 5.10 Å². The van der Waals surface area contributed by atoms with Crippen LogP contribution >= 0.6 is 0 Å². The summed E-state index contributed by atoms with van der Waals surface area (Å²) in [5.41, 5.74) is 0. The highest BCUT2D eigenvalue weighted by Crippen LogP contribution is 2.22. The highest BCUT2D eigenvalue weighted by molar-refractivity contribution is 7.91. The molecular weight excluding hydrogens is 188 g/mol. The van der Waals surface area contributed by atoms with Crippen molar-refractivity contribution in [2.75, 3.05) is 11.5 Å². The van der Waals surface area contributed by atoms with Gasteiger partial charge < -0.3 is 0 Å². The van der Waals surface area contributed by atoms with Crippen LogP contribution in [0, 0.1) is 0 Å². The van der Waals surface area contributed by atoms with Gasteiger partial charge in [-0.05, 0) is 18.9 Å². The van der Waals surface area contributed by atoms with Gasteiger partial charge in [0, 0.05) is 12.4 Å². The third-order valence-electron chi connectivity index (χ3n) is 2.42. The first-order valence-corrected chi connectivity index (χ1v) is 6.19. The fraction of sp³-hybridized carbons (Fsp3) is 0.625. The minimum atomic E-state index is -2.75. The molecule has 1 aromatic heterocycles. The molecule has 1 aliphatic rings. The fourth-order valence-corrected chi connectivity index (χ4v) is 3.11. The molecule has 0 atom stereocenters. The molecule has 0 N–H and O–H groups in total. The average molecular weight is 200 g/mol. The quantitative estimate of drug-likeness (QED) is 0.668. The van der Waals surface area contributed by atoms with Crippen molar-refractivity contribution in [3.05, 3.63) is 18.5 Å².